The Morgan fingerprint density at radius 1 is 1.21 bits per heavy atom. The molecule has 0 saturated heterocycles. The maximum absolute atomic E-state index is 13.0. The van der Waals surface area contributed by atoms with Crippen molar-refractivity contribution in [1.29, 1.82) is 0 Å². The highest BCUT2D eigenvalue weighted by Gasteiger charge is 2.25. The number of fused-ring (bicyclic) bond motifs is 2. The van der Waals surface area contributed by atoms with Crippen LogP contribution in [0, 0.1) is 0 Å². The van der Waals surface area contributed by atoms with E-state index in [4.69, 9.17) is 9.47 Å². The van der Waals surface area contributed by atoms with Gasteiger partial charge in [0.15, 0.2) is 11.5 Å². The van der Waals surface area contributed by atoms with Crippen molar-refractivity contribution < 1.29 is 14.3 Å². The maximum atomic E-state index is 13.0. The summed E-state index contributed by atoms with van der Waals surface area (Å²) in [7, 11) is 3.77. The van der Waals surface area contributed by atoms with Gasteiger partial charge < -0.3 is 14.8 Å². The van der Waals surface area contributed by atoms with Crippen LogP contribution in [0.1, 0.15) is 24.2 Å². The number of nitrogens with zero attached hydrogens (tertiary/aromatic N) is 3. The van der Waals surface area contributed by atoms with E-state index in [1.165, 1.54) is 0 Å². The third-order valence-electron chi connectivity index (χ3n) is 4.94. The molecule has 1 N–H and O–H groups in total. The number of aromatic nitrogens is 2. The Labute approximate surface area is 163 Å². The average Bonchev–Trinajstić information content (AvgIpc) is 3.30. The highest BCUT2D eigenvalue weighted by atomic mass is 16.7. The van der Waals surface area contributed by atoms with Crippen molar-refractivity contribution in [3.05, 3.63) is 53.7 Å². The molecule has 1 atom stereocenters. The predicted octanol–water partition coefficient (Wildman–Crippen LogP) is 2.70. The highest BCUT2D eigenvalue weighted by molar-refractivity contribution is 5.85. The molecule has 0 bridgehead atoms. The summed E-state index contributed by atoms with van der Waals surface area (Å²) in [5.74, 6) is 1.29. The third kappa shape index (κ3) is 3.29. The molecule has 7 heteroatoms. The first-order chi connectivity index (χ1) is 13.6. The number of rotatable bonds is 6. The van der Waals surface area contributed by atoms with E-state index in [0.29, 0.717) is 18.0 Å². The van der Waals surface area contributed by atoms with Crippen LogP contribution in [0.15, 0.2) is 42.5 Å². The standard InChI is InChI=1S/C21H24N4O3/c1-4-25-17-8-6-5-7-15(17)16(23-25)12-22-21(26)20(24(2)3)14-9-10-18-19(11-14)28-13-27-18/h5-11,20H,4,12-13H2,1-3H3,(H,22,26)/t20-/m0/s1. The second-order valence-electron chi connectivity index (χ2n) is 6.98. The molecule has 3 aromatic rings. The van der Waals surface area contributed by atoms with Crippen LogP contribution in [0.25, 0.3) is 10.9 Å². The van der Waals surface area contributed by atoms with E-state index in [1.54, 1.807) is 0 Å². The second-order valence-corrected chi connectivity index (χ2v) is 6.98. The number of hydrogen-bond acceptors (Lipinski definition) is 5. The van der Waals surface area contributed by atoms with Gasteiger partial charge in [-0.15, -0.1) is 0 Å². The molecule has 4 rings (SSSR count). The summed E-state index contributed by atoms with van der Waals surface area (Å²) in [4.78, 5) is 14.9. The predicted molar refractivity (Wildman–Crippen MR) is 106 cm³/mol. The first kappa shape index (κ1) is 18.3. The molecule has 1 aliphatic rings. The molecule has 0 radical (unpaired) electrons. The Balaban J connectivity index is 1.55. The van der Waals surface area contributed by atoms with E-state index < -0.39 is 6.04 Å². The van der Waals surface area contributed by atoms with Crippen molar-refractivity contribution in [2.45, 2.75) is 26.1 Å². The summed E-state index contributed by atoms with van der Waals surface area (Å²) in [6, 6.07) is 13.3. The monoisotopic (exact) mass is 380 g/mol. The Morgan fingerprint density at radius 3 is 2.79 bits per heavy atom. The summed E-state index contributed by atoms with van der Waals surface area (Å²) in [6.45, 7) is 3.43. The van der Waals surface area contributed by atoms with E-state index in [9.17, 15) is 4.79 Å². The van der Waals surface area contributed by atoms with Gasteiger partial charge in [0.25, 0.3) is 0 Å². The average molecular weight is 380 g/mol. The lowest BCUT2D eigenvalue weighted by molar-refractivity contribution is -0.126. The number of hydrogen-bond donors (Lipinski definition) is 1. The first-order valence-electron chi connectivity index (χ1n) is 9.36. The number of aryl methyl sites for hydroxylation is 1. The molecule has 0 unspecified atom stereocenters. The van der Waals surface area contributed by atoms with Gasteiger partial charge in [-0.1, -0.05) is 24.3 Å². The Hall–Kier alpha value is -3.06. The molecule has 1 amide bonds. The second kappa shape index (κ2) is 7.52. The van der Waals surface area contributed by atoms with E-state index in [-0.39, 0.29) is 12.7 Å². The van der Waals surface area contributed by atoms with Gasteiger partial charge in [0, 0.05) is 11.9 Å². The van der Waals surface area contributed by atoms with Crippen LogP contribution < -0.4 is 14.8 Å². The summed E-state index contributed by atoms with van der Waals surface area (Å²) in [5, 5.41) is 8.77. The summed E-state index contributed by atoms with van der Waals surface area (Å²) in [6.07, 6.45) is 0. The van der Waals surface area contributed by atoms with E-state index in [0.717, 1.165) is 28.7 Å². The molecule has 2 aromatic carbocycles. The van der Waals surface area contributed by atoms with Gasteiger partial charge in [0.1, 0.15) is 6.04 Å². The minimum Gasteiger partial charge on any atom is -0.454 e. The molecule has 0 aliphatic carbocycles. The number of ether oxygens (including phenoxy) is 2. The van der Waals surface area contributed by atoms with Crippen LogP contribution in [-0.2, 0) is 17.9 Å². The van der Waals surface area contributed by atoms with Crippen LogP contribution >= 0.6 is 0 Å². The molecule has 1 aromatic heterocycles. The fourth-order valence-corrected chi connectivity index (χ4v) is 3.60. The number of carbonyl (C=O) groups is 1. The lowest BCUT2D eigenvalue weighted by Crippen LogP contribution is -2.36. The summed E-state index contributed by atoms with van der Waals surface area (Å²) >= 11 is 0. The lowest BCUT2D eigenvalue weighted by atomic mass is 10.0. The molecule has 0 fully saturated rings. The molecule has 28 heavy (non-hydrogen) atoms. The minimum atomic E-state index is -0.436. The number of para-hydroxylation sites is 1. The van der Waals surface area contributed by atoms with Crippen LogP contribution in [-0.4, -0.2) is 41.5 Å². The maximum Gasteiger partial charge on any atom is 0.242 e. The third-order valence-corrected chi connectivity index (χ3v) is 4.94. The van der Waals surface area contributed by atoms with Crippen molar-refractivity contribution in [3.63, 3.8) is 0 Å². The normalized spacial score (nSPS) is 13.9. The van der Waals surface area contributed by atoms with Gasteiger partial charge in [-0.2, -0.15) is 5.10 Å². The van der Waals surface area contributed by atoms with Crippen molar-refractivity contribution >= 4 is 16.8 Å². The zero-order valence-corrected chi connectivity index (χ0v) is 16.3. The van der Waals surface area contributed by atoms with E-state index in [2.05, 4.69) is 17.3 Å². The van der Waals surface area contributed by atoms with Crippen molar-refractivity contribution in [3.8, 4) is 11.5 Å². The Morgan fingerprint density at radius 2 is 2.00 bits per heavy atom. The van der Waals surface area contributed by atoms with Gasteiger partial charge in [0.2, 0.25) is 12.7 Å². The minimum absolute atomic E-state index is 0.0843. The van der Waals surface area contributed by atoms with Crippen molar-refractivity contribution in [2.75, 3.05) is 20.9 Å². The zero-order chi connectivity index (χ0) is 19.7. The van der Waals surface area contributed by atoms with E-state index >= 15 is 0 Å². The van der Waals surface area contributed by atoms with E-state index in [1.807, 2.05) is 66.1 Å². The fraction of sp³-hybridized carbons (Fsp3) is 0.333. The first-order valence-corrected chi connectivity index (χ1v) is 9.36. The quantitative estimate of drug-likeness (QED) is 0.712. The molecule has 0 saturated carbocycles. The molecule has 2 heterocycles. The smallest absolute Gasteiger partial charge is 0.242 e. The van der Waals surface area contributed by atoms with Gasteiger partial charge in [-0.3, -0.25) is 14.4 Å². The number of benzene rings is 2. The van der Waals surface area contributed by atoms with Gasteiger partial charge in [-0.25, -0.2) is 0 Å². The molecular formula is C21H24N4O3. The molecule has 146 valence electrons. The highest BCUT2D eigenvalue weighted by Crippen LogP contribution is 2.35. The van der Waals surface area contributed by atoms with Gasteiger partial charge >= 0.3 is 0 Å². The number of carbonyl (C=O) groups excluding carboxylic acids is 1. The molecular weight excluding hydrogens is 356 g/mol. The summed E-state index contributed by atoms with van der Waals surface area (Å²) < 4.78 is 12.8. The van der Waals surface area contributed by atoms with Crippen molar-refractivity contribution in [1.82, 2.24) is 20.0 Å². The van der Waals surface area contributed by atoms with Crippen molar-refractivity contribution in [2.24, 2.45) is 0 Å². The topological polar surface area (TPSA) is 68.6 Å². The SMILES string of the molecule is CCn1nc(CNC(=O)[C@H](c2ccc3c(c2)OCO3)N(C)C)c2ccccc21. The zero-order valence-electron chi connectivity index (χ0n) is 16.3. The number of nitrogens with one attached hydrogen (secondary N) is 1. The Kier molecular flexibility index (Phi) is 4.92. The van der Waals surface area contributed by atoms with Crippen LogP contribution in [0.2, 0.25) is 0 Å². The summed E-state index contributed by atoms with van der Waals surface area (Å²) in [5.41, 5.74) is 2.80. The van der Waals surface area contributed by atoms with Crippen LogP contribution in [0.5, 0.6) is 11.5 Å². The molecule has 0 spiro atoms. The molecule has 1 aliphatic heterocycles. The molecule has 7 nitrogen and oxygen atoms in total. The van der Waals surface area contributed by atoms with Gasteiger partial charge in [0.05, 0.1) is 17.8 Å². The number of amides is 1. The lowest BCUT2D eigenvalue weighted by Gasteiger charge is -2.24. The fourth-order valence-electron chi connectivity index (χ4n) is 3.60. The van der Waals surface area contributed by atoms with Crippen LogP contribution in [0.4, 0.5) is 0 Å². The number of likely N-dealkylation sites (N-methyl/N-ethyl adjacent to an activating group) is 1. The van der Waals surface area contributed by atoms with Gasteiger partial charge in [-0.05, 0) is 44.8 Å². The Bertz CT molecular complexity index is 1010. The largest absolute Gasteiger partial charge is 0.454 e. The van der Waals surface area contributed by atoms with Crippen LogP contribution in [0.3, 0.4) is 0 Å².